The molecule has 0 radical (unpaired) electrons. The molecule has 0 aliphatic heterocycles. The van der Waals surface area contributed by atoms with Crippen LogP contribution in [-0.2, 0) is 11.2 Å². The minimum absolute atomic E-state index is 0.120. The molecule has 0 fully saturated rings. The molecule has 0 saturated heterocycles. The Labute approximate surface area is 136 Å². The second-order valence-electron chi connectivity index (χ2n) is 6.18. The van der Waals surface area contributed by atoms with Gasteiger partial charge in [-0.1, -0.05) is 67.6 Å². The van der Waals surface area contributed by atoms with Gasteiger partial charge >= 0.3 is 0 Å². The van der Waals surface area contributed by atoms with Crippen molar-refractivity contribution >= 4 is 16.9 Å². The number of hydrogen-bond acceptors (Lipinski definition) is 2. The van der Waals surface area contributed by atoms with E-state index in [1.807, 2.05) is 24.3 Å². The highest BCUT2D eigenvalue weighted by atomic mass is 16.1. The van der Waals surface area contributed by atoms with Crippen molar-refractivity contribution in [3.05, 3.63) is 84.1 Å². The van der Waals surface area contributed by atoms with E-state index in [0.29, 0.717) is 5.70 Å². The average molecular weight is 301 g/mol. The molecule has 2 aromatic rings. The molecule has 2 nitrogen and oxygen atoms in total. The normalized spacial score (nSPS) is 20.0. The third-order valence-corrected chi connectivity index (χ3v) is 4.27. The fraction of sp³-hybridized carbons (Fsp3) is 0.190. The van der Waals surface area contributed by atoms with Crippen molar-refractivity contribution < 1.29 is 4.79 Å². The molecule has 1 atom stereocenters. The lowest BCUT2D eigenvalue weighted by Gasteiger charge is -2.22. The van der Waals surface area contributed by atoms with Gasteiger partial charge in [0.1, 0.15) is 0 Å². The molecular formula is C21H19NO. The van der Waals surface area contributed by atoms with E-state index >= 15 is 0 Å². The molecule has 0 spiro atoms. The molecule has 0 heterocycles. The quantitative estimate of drug-likeness (QED) is 0.569. The van der Waals surface area contributed by atoms with Crippen LogP contribution in [0.15, 0.2) is 83.5 Å². The Morgan fingerprint density at radius 2 is 1.91 bits per heavy atom. The summed E-state index contributed by atoms with van der Waals surface area (Å²) in [5.41, 5.74) is 1.88. The van der Waals surface area contributed by atoms with Gasteiger partial charge in [0.15, 0.2) is 0 Å². The summed E-state index contributed by atoms with van der Waals surface area (Å²) in [7, 11) is 0. The molecule has 0 aromatic heterocycles. The molecule has 0 N–H and O–H groups in total. The predicted octanol–water partition coefficient (Wildman–Crippen LogP) is 5.12. The first-order valence-corrected chi connectivity index (χ1v) is 7.83. The van der Waals surface area contributed by atoms with Gasteiger partial charge in [-0.05, 0) is 41.3 Å². The molecule has 1 aliphatic rings. The summed E-state index contributed by atoms with van der Waals surface area (Å²) in [4.78, 5) is 14.3. The number of carbonyl (C=O) groups excluding carboxylic acids is 1. The van der Waals surface area contributed by atoms with Crippen LogP contribution in [0.1, 0.15) is 18.9 Å². The van der Waals surface area contributed by atoms with Crippen LogP contribution in [0, 0.1) is 5.41 Å². The standard InChI is InChI=1S/C21H19NO/c1-21(12-5-4-8-20(15-21)22-16-23)13-11-17-9-10-18-6-2-3-7-19(18)14-17/h2-10,12,14-15H,11,13H2,1H3. The molecule has 2 aromatic carbocycles. The molecule has 1 unspecified atom stereocenters. The van der Waals surface area contributed by atoms with Crippen LogP contribution in [0.4, 0.5) is 0 Å². The average Bonchev–Trinajstić information content (AvgIpc) is 2.75. The number of hydrogen-bond donors (Lipinski definition) is 0. The number of aryl methyl sites for hydroxylation is 1. The van der Waals surface area contributed by atoms with Gasteiger partial charge in [0.25, 0.3) is 0 Å². The van der Waals surface area contributed by atoms with Crippen molar-refractivity contribution in [1.82, 2.24) is 0 Å². The van der Waals surface area contributed by atoms with Gasteiger partial charge in [-0.15, -0.1) is 0 Å². The van der Waals surface area contributed by atoms with E-state index in [-0.39, 0.29) is 5.41 Å². The summed E-state index contributed by atoms with van der Waals surface area (Å²) < 4.78 is 0. The topological polar surface area (TPSA) is 29.4 Å². The number of nitrogens with zero attached hydrogens (tertiary/aromatic N) is 1. The number of rotatable bonds is 4. The molecule has 23 heavy (non-hydrogen) atoms. The number of benzene rings is 2. The molecule has 0 bridgehead atoms. The smallest absolute Gasteiger partial charge is 0.211 e. The molecule has 1 aliphatic carbocycles. The first kappa shape index (κ1) is 15.2. The number of isocyanates is 1. The number of aliphatic imine (C=N–C) groups is 1. The molecule has 2 heteroatoms. The summed E-state index contributed by atoms with van der Waals surface area (Å²) in [6.07, 6.45) is 13.5. The van der Waals surface area contributed by atoms with E-state index < -0.39 is 0 Å². The van der Waals surface area contributed by atoms with Crippen LogP contribution in [0.2, 0.25) is 0 Å². The van der Waals surface area contributed by atoms with Gasteiger partial charge in [0, 0.05) is 5.41 Å². The fourth-order valence-electron chi connectivity index (χ4n) is 2.95. The van der Waals surface area contributed by atoms with Crippen LogP contribution in [0.3, 0.4) is 0 Å². The maximum absolute atomic E-state index is 10.5. The van der Waals surface area contributed by atoms with Crippen molar-refractivity contribution in [2.24, 2.45) is 10.4 Å². The second-order valence-corrected chi connectivity index (χ2v) is 6.18. The van der Waals surface area contributed by atoms with E-state index in [0.717, 1.165) is 12.8 Å². The van der Waals surface area contributed by atoms with E-state index in [9.17, 15) is 4.79 Å². The molecule has 114 valence electrons. The zero-order chi connectivity index (χ0) is 16.1. The lowest BCUT2D eigenvalue weighted by atomic mass is 9.83. The van der Waals surface area contributed by atoms with Gasteiger partial charge < -0.3 is 0 Å². The number of fused-ring (bicyclic) bond motifs is 1. The van der Waals surface area contributed by atoms with Crippen LogP contribution in [-0.4, -0.2) is 6.08 Å². The molecule has 0 amide bonds. The van der Waals surface area contributed by atoms with Crippen molar-refractivity contribution in [3.8, 4) is 0 Å². The first-order chi connectivity index (χ1) is 11.2. The predicted molar refractivity (Wildman–Crippen MR) is 94.9 cm³/mol. The molecular weight excluding hydrogens is 282 g/mol. The van der Waals surface area contributed by atoms with Gasteiger partial charge in [-0.2, -0.15) is 4.99 Å². The fourth-order valence-corrected chi connectivity index (χ4v) is 2.95. The Hall–Kier alpha value is -2.70. The highest BCUT2D eigenvalue weighted by molar-refractivity contribution is 5.82. The Kier molecular flexibility index (Phi) is 4.36. The van der Waals surface area contributed by atoms with Crippen molar-refractivity contribution in [2.45, 2.75) is 19.8 Å². The van der Waals surface area contributed by atoms with E-state index in [4.69, 9.17) is 0 Å². The number of allylic oxidation sites excluding steroid dienone is 5. The lowest BCUT2D eigenvalue weighted by molar-refractivity contribution is 0.498. The third kappa shape index (κ3) is 3.74. The maximum Gasteiger partial charge on any atom is 0.240 e. The lowest BCUT2D eigenvalue weighted by Crippen LogP contribution is -2.11. The van der Waals surface area contributed by atoms with Gasteiger partial charge in [0.2, 0.25) is 6.08 Å². The first-order valence-electron chi connectivity index (χ1n) is 7.83. The highest BCUT2D eigenvalue weighted by Gasteiger charge is 2.19. The summed E-state index contributed by atoms with van der Waals surface area (Å²) in [6.45, 7) is 2.16. The van der Waals surface area contributed by atoms with Crippen LogP contribution in [0.5, 0.6) is 0 Å². The van der Waals surface area contributed by atoms with Crippen LogP contribution >= 0.6 is 0 Å². The monoisotopic (exact) mass is 301 g/mol. The highest BCUT2D eigenvalue weighted by Crippen LogP contribution is 2.31. The van der Waals surface area contributed by atoms with Crippen molar-refractivity contribution in [1.29, 1.82) is 0 Å². The van der Waals surface area contributed by atoms with Crippen LogP contribution in [0.25, 0.3) is 10.8 Å². The Bertz CT molecular complexity index is 853. The van der Waals surface area contributed by atoms with E-state index in [2.05, 4.69) is 60.5 Å². The maximum atomic E-state index is 10.5. The minimum Gasteiger partial charge on any atom is -0.211 e. The van der Waals surface area contributed by atoms with Gasteiger partial charge in [-0.3, -0.25) is 0 Å². The van der Waals surface area contributed by atoms with E-state index in [1.54, 1.807) is 6.08 Å². The zero-order valence-electron chi connectivity index (χ0n) is 13.2. The minimum atomic E-state index is -0.120. The third-order valence-electron chi connectivity index (χ3n) is 4.27. The summed E-state index contributed by atoms with van der Waals surface area (Å²) in [6, 6.07) is 15.0. The molecule has 0 saturated carbocycles. The Balaban J connectivity index is 1.80. The van der Waals surface area contributed by atoms with Crippen LogP contribution < -0.4 is 0 Å². The second kappa shape index (κ2) is 6.60. The van der Waals surface area contributed by atoms with Gasteiger partial charge in [0.05, 0.1) is 5.70 Å². The van der Waals surface area contributed by atoms with Crippen molar-refractivity contribution in [3.63, 3.8) is 0 Å². The summed E-state index contributed by atoms with van der Waals surface area (Å²) >= 11 is 0. The van der Waals surface area contributed by atoms with E-state index in [1.165, 1.54) is 16.3 Å². The largest absolute Gasteiger partial charge is 0.240 e. The van der Waals surface area contributed by atoms with Gasteiger partial charge in [-0.25, -0.2) is 4.79 Å². The molecule has 3 rings (SSSR count). The zero-order valence-corrected chi connectivity index (χ0v) is 13.2. The SMILES string of the molecule is CC1(CCc2ccc3ccccc3c2)C=CC=CC(N=C=O)=C1. The Morgan fingerprint density at radius 3 is 2.74 bits per heavy atom. The summed E-state index contributed by atoms with van der Waals surface area (Å²) in [5.74, 6) is 0. The summed E-state index contributed by atoms with van der Waals surface area (Å²) in [5, 5.41) is 2.54. The Morgan fingerprint density at radius 1 is 1.09 bits per heavy atom. The van der Waals surface area contributed by atoms with Crippen molar-refractivity contribution in [2.75, 3.05) is 0 Å².